The van der Waals surface area contributed by atoms with Gasteiger partial charge in [0.2, 0.25) is 0 Å². The van der Waals surface area contributed by atoms with Crippen LogP contribution >= 0.6 is 0 Å². The molecule has 2 rings (SSSR count). The molecule has 0 aromatic rings. The predicted octanol–water partition coefficient (Wildman–Crippen LogP) is 3.01. The van der Waals surface area contributed by atoms with Gasteiger partial charge in [-0.2, -0.15) is 0 Å². The van der Waals surface area contributed by atoms with Crippen LogP contribution in [0.1, 0.15) is 58.3 Å². The van der Waals surface area contributed by atoms with E-state index in [0.29, 0.717) is 6.04 Å². The Bertz CT molecular complexity index is 221. The minimum atomic E-state index is 0.466. The molecule has 0 saturated heterocycles. The van der Waals surface area contributed by atoms with Crippen LogP contribution in [0.3, 0.4) is 0 Å². The third-order valence-corrected chi connectivity index (χ3v) is 5.10. The van der Waals surface area contributed by atoms with E-state index in [2.05, 4.69) is 18.9 Å². The Morgan fingerprint density at radius 1 is 1.00 bits per heavy atom. The number of nitrogens with zero attached hydrogens (tertiary/aromatic N) is 1. The van der Waals surface area contributed by atoms with Crippen LogP contribution in [-0.4, -0.2) is 30.6 Å². The van der Waals surface area contributed by atoms with Crippen molar-refractivity contribution < 1.29 is 0 Å². The fourth-order valence-electron chi connectivity index (χ4n) is 3.67. The Balaban J connectivity index is 1.77. The van der Waals surface area contributed by atoms with Crippen LogP contribution < -0.4 is 5.73 Å². The summed E-state index contributed by atoms with van der Waals surface area (Å²) in [5, 5.41) is 0. The summed E-state index contributed by atoms with van der Waals surface area (Å²) in [5.74, 6) is 1.71. The maximum absolute atomic E-state index is 6.25. The second-order valence-corrected chi connectivity index (χ2v) is 6.56. The van der Waals surface area contributed by atoms with Crippen molar-refractivity contribution in [1.29, 1.82) is 0 Å². The fraction of sp³-hybridized carbons (Fsp3) is 1.00. The molecule has 2 heteroatoms. The van der Waals surface area contributed by atoms with E-state index in [1.165, 1.54) is 57.9 Å². The largest absolute Gasteiger partial charge is 0.327 e. The van der Waals surface area contributed by atoms with Crippen LogP contribution in [0, 0.1) is 11.8 Å². The van der Waals surface area contributed by atoms with E-state index < -0.39 is 0 Å². The summed E-state index contributed by atoms with van der Waals surface area (Å²) in [5.41, 5.74) is 6.25. The molecule has 0 aromatic heterocycles. The number of nitrogens with two attached hydrogens (primary N) is 1. The quantitative estimate of drug-likeness (QED) is 0.819. The highest BCUT2D eigenvalue weighted by Crippen LogP contribution is 2.29. The van der Waals surface area contributed by atoms with Gasteiger partial charge in [-0.15, -0.1) is 0 Å². The molecule has 2 unspecified atom stereocenters. The van der Waals surface area contributed by atoms with Gasteiger partial charge in [-0.3, -0.25) is 0 Å². The van der Waals surface area contributed by atoms with Crippen molar-refractivity contribution in [2.24, 2.45) is 17.6 Å². The summed E-state index contributed by atoms with van der Waals surface area (Å²) in [4.78, 5) is 2.61. The van der Waals surface area contributed by atoms with Crippen molar-refractivity contribution in [3.05, 3.63) is 0 Å². The zero-order valence-electron chi connectivity index (χ0n) is 11.7. The first kappa shape index (κ1) is 13.4. The molecule has 100 valence electrons. The molecule has 2 atom stereocenters. The first-order valence-corrected chi connectivity index (χ1v) is 7.62. The lowest BCUT2D eigenvalue weighted by molar-refractivity contribution is 0.129. The monoisotopic (exact) mass is 238 g/mol. The van der Waals surface area contributed by atoms with Crippen LogP contribution in [0.25, 0.3) is 0 Å². The van der Waals surface area contributed by atoms with Gasteiger partial charge in [-0.05, 0) is 57.4 Å². The van der Waals surface area contributed by atoms with Crippen molar-refractivity contribution in [2.45, 2.75) is 70.4 Å². The molecule has 0 amide bonds. The van der Waals surface area contributed by atoms with E-state index in [0.717, 1.165) is 17.9 Å². The molecule has 0 spiro atoms. The van der Waals surface area contributed by atoms with E-state index in [1.807, 2.05) is 0 Å². The first-order valence-electron chi connectivity index (χ1n) is 7.62. The van der Waals surface area contributed by atoms with Crippen LogP contribution in [0.5, 0.6) is 0 Å². The molecule has 0 bridgehead atoms. The molecular weight excluding hydrogens is 208 g/mol. The topological polar surface area (TPSA) is 29.3 Å². The molecule has 2 fully saturated rings. The van der Waals surface area contributed by atoms with Gasteiger partial charge < -0.3 is 10.6 Å². The van der Waals surface area contributed by atoms with Crippen LogP contribution in [0.4, 0.5) is 0 Å². The maximum Gasteiger partial charge on any atom is 0.00925 e. The molecular formula is C15H30N2. The normalized spacial score (nSPS) is 39.5. The van der Waals surface area contributed by atoms with Crippen molar-refractivity contribution in [2.75, 3.05) is 13.6 Å². The summed E-state index contributed by atoms with van der Waals surface area (Å²) < 4.78 is 0. The van der Waals surface area contributed by atoms with Gasteiger partial charge in [0.25, 0.3) is 0 Å². The van der Waals surface area contributed by atoms with Gasteiger partial charge in [0.1, 0.15) is 0 Å². The van der Waals surface area contributed by atoms with Crippen LogP contribution in [0.15, 0.2) is 0 Å². The van der Waals surface area contributed by atoms with Gasteiger partial charge in [0.05, 0.1) is 0 Å². The summed E-state index contributed by atoms with van der Waals surface area (Å²) in [6.45, 7) is 3.63. The zero-order chi connectivity index (χ0) is 12.3. The van der Waals surface area contributed by atoms with Gasteiger partial charge in [-0.1, -0.05) is 19.8 Å². The van der Waals surface area contributed by atoms with Gasteiger partial charge in [-0.25, -0.2) is 0 Å². The first-order chi connectivity index (χ1) is 8.16. The maximum atomic E-state index is 6.25. The van der Waals surface area contributed by atoms with E-state index in [4.69, 9.17) is 5.73 Å². The molecule has 2 saturated carbocycles. The Kier molecular flexibility index (Phi) is 4.87. The second-order valence-electron chi connectivity index (χ2n) is 6.56. The van der Waals surface area contributed by atoms with Gasteiger partial charge >= 0.3 is 0 Å². The Morgan fingerprint density at radius 3 is 2.29 bits per heavy atom. The summed E-state index contributed by atoms with van der Waals surface area (Å²) in [6.07, 6.45) is 11.0. The average molecular weight is 238 g/mol. The number of hydrogen-bond donors (Lipinski definition) is 1. The third-order valence-electron chi connectivity index (χ3n) is 5.10. The lowest BCUT2D eigenvalue weighted by Crippen LogP contribution is -2.44. The summed E-state index contributed by atoms with van der Waals surface area (Å²) in [6, 6.07) is 1.30. The highest BCUT2D eigenvalue weighted by molar-refractivity contribution is 4.83. The SMILES string of the molecule is CC1CCC(N(C)CC2CCCCC2N)CC1. The molecule has 0 heterocycles. The second kappa shape index (κ2) is 6.19. The Morgan fingerprint density at radius 2 is 1.65 bits per heavy atom. The third kappa shape index (κ3) is 3.69. The van der Waals surface area contributed by atoms with Gasteiger partial charge in [0, 0.05) is 18.6 Å². The number of hydrogen-bond acceptors (Lipinski definition) is 2. The minimum absolute atomic E-state index is 0.466. The highest BCUT2D eigenvalue weighted by atomic mass is 15.1. The lowest BCUT2D eigenvalue weighted by atomic mass is 9.83. The van der Waals surface area contributed by atoms with Crippen molar-refractivity contribution in [3.63, 3.8) is 0 Å². The van der Waals surface area contributed by atoms with E-state index in [9.17, 15) is 0 Å². The van der Waals surface area contributed by atoms with Crippen LogP contribution in [-0.2, 0) is 0 Å². The van der Waals surface area contributed by atoms with E-state index in [1.54, 1.807) is 0 Å². The number of rotatable bonds is 3. The van der Waals surface area contributed by atoms with Crippen LogP contribution in [0.2, 0.25) is 0 Å². The summed E-state index contributed by atoms with van der Waals surface area (Å²) in [7, 11) is 2.32. The lowest BCUT2D eigenvalue weighted by Gasteiger charge is -2.38. The molecule has 2 aliphatic rings. The van der Waals surface area contributed by atoms with Crippen molar-refractivity contribution in [3.8, 4) is 0 Å². The highest BCUT2D eigenvalue weighted by Gasteiger charge is 2.27. The average Bonchev–Trinajstić information content (AvgIpc) is 2.33. The molecule has 2 aliphatic carbocycles. The zero-order valence-corrected chi connectivity index (χ0v) is 11.7. The standard InChI is InChI=1S/C15H30N2/c1-12-7-9-14(10-8-12)17(2)11-13-5-3-4-6-15(13)16/h12-15H,3-11,16H2,1-2H3. The Hall–Kier alpha value is -0.0800. The predicted molar refractivity (Wildman–Crippen MR) is 74.0 cm³/mol. The van der Waals surface area contributed by atoms with Gasteiger partial charge in [0.15, 0.2) is 0 Å². The van der Waals surface area contributed by atoms with Crippen molar-refractivity contribution in [1.82, 2.24) is 4.90 Å². The van der Waals surface area contributed by atoms with E-state index >= 15 is 0 Å². The summed E-state index contributed by atoms with van der Waals surface area (Å²) >= 11 is 0. The fourth-order valence-corrected chi connectivity index (χ4v) is 3.67. The molecule has 17 heavy (non-hydrogen) atoms. The minimum Gasteiger partial charge on any atom is -0.327 e. The molecule has 0 aromatic carbocycles. The molecule has 0 radical (unpaired) electrons. The molecule has 0 aliphatic heterocycles. The van der Waals surface area contributed by atoms with Crippen molar-refractivity contribution >= 4 is 0 Å². The van der Waals surface area contributed by atoms with E-state index in [-0.39, 0.29) is 0 Å². The smallest absolute Gasteiger partial charge is 0.00925 e. The molecule has 2 nitrogen and oxygen atoms in total. The molecule has 2 N–H and O–H groups in total. The Labute approximate surface area is 107 Å².